The fourth-order valence-corrected chi connectivity index (χ4v) is 3.64. The molecule has 0 saturated heterocycles. The minimum Gasteiger partial charge on any atom is -0.381 e. The van der Waals surface area contributed by atoms with Gasteiger partial charge in [-0.15, -0.1) is 0 Å². The minimum atomic E-state index is -0.232. The predicted molar refractivity (Wildman–Crippen MR) is 116 cm³/mol. The fourth-order valence-electron chi connectivity index (χ4n) is 3.64. The van der Waals surface area contributed by atoms with Crippen LogP contribution < -0.4 is 15.5 Å². The summed E-state index contributed by atoms with van der Waals surface area (Å²) in [6.07, 6.45) is 0.850. The van der Waals surface area contributed by atoms with Crippen LogP contribution in [-0.4, -0.2) is 19.1 Å². The topological polar surface area (TPSA) is 44.4 Å². The second-order valence-electron chi connectivity index (χ2n) is 7.11. The van der Waals surface area contributed by atoms with Gasteiger partial charge in [0.1, 0.15) is 5.82 Å². The van der Waals surface area contributed by atoms with Gasteiger partial charge in [0.25, 0.3) is 0 Å². The van der Waals surface area contributed by atoms with Crippen molar-refractivity contribution in [2.75, 3.05) is 23.3 Å². The van der Waals surface area contributed by atoms with Crippen molar-refractivity contribution in [2.45, 2.75) is 19.9 Å². The molecule has 0 aliphatic carbocycles. The number of hydrogen-bond donors (Lipinski definition) is 2. The van der Waals surface area contributed by atoms with E-state index in [1.54, 1.807) is 11.0 Å². The van der Waals surface area contributed by atoms with Crippen molar-refractivity contribution in [3.05, 3.63) is 83.7 Å². The van der Waals surface area contributed by atoms with Gasteiger partial charge in [0.2, 0.25) is 0 Å². The number of fused-ring (bicyclic) bond motifs is 1. The summed E-state index contributed by atoms with van der Waals surface area (Å²) in [5.74, 6) is -0.232. The highest BCUT2D eigenvalue weighted by Gasteiger charge is 2.24. The molecule has 1 aliphatic heterocycles. The Bertz CT molecular complexity index is 1020. The molecule has 4 nitrogen and oxygen atoms in total. The highest BCUT2D eigenvalue weighted by atomic mass is 19.1. The summed E-state index contributed by atoms with van der Waals surface area (Å²) in [6, 6.07) is 21.0. The molecule has 0 bridgehead atoms. The van der Waals surface area contributed by atoms with E-state index in [9.17, 15) is 9.18 Å². The van der Waals surface area contributed by atoms with Gasteiger partial charge in [-0.1, -0.05) is 48.5 Å². The lowest BCUT2D eigenvalue weighted by Gasteiger charge is -2.18. The van der Waals surface area contributed by atoms with Crippen molar-refractivity contribution in [3.63, 3.8) is 0 Å². The second-order valence-corrected chi connectivity index (χ2v) is 7.11. The van der Waals surface area contributed by atoms with Crippen LogP contribution in [0.2, 0.25) is 0 Å². The van der Waals surface area contributed by atoms with Crippen LogP contribution in [0.15, 0.2) is 66.7 Å². The number of rotatable bonds is 5. The molecular weight excluding hydrogens is 365 g/mol. The van der Waals surface area contributed by atoms with Gasteiger partial charge in [-0.05, 0) is 48.2 Å². The number of amides is 2. The number of halogens is 1. The van der Waals surface area contributed by atoms with E-state index >= 15 is 0 Å². The quantitative estimate of drug-likeness (QED) is 0.630. The second kappa shape index (κ2) is 8.35. The number of urea groups is 1. The normalized spacial score (nSPS) is 12.6. The van der Waals surface area contributed by atoms with E-state index in [0.717, 1.165) is 34.5 Å². The monoisotopic (exact) mass is 389 g/mol. The average molecular weight is 389 g/mol. The Morgan fingerprint density at radius 1 is 1.03 bits per heavy atom. The van der Waals surface area contributed by atoms with Crippen molar-refractivity contribution in [3.8, 4) is 11.1 Å². The number of carbonyl (C=O) groups excluding carboxylic acids is 1. The first-order valence-electron chi connectivity index (χ1n) is 9.91. The Labute approximate surface area is 170 Å². The van der Waals surface area contributed by atoms with Gasteiger partial charge < -0.3 is 10.6 Å². The Balaban J connectivity index is 1.47. The van der Waals surface area contributed by atoms with Crippen LogP contribution >= 0.6 is 0 Å². The van der Waals surface area contributed by atoms with Gasteiger partial charge in [0, 0.05) is 30.9 Å². The molecule has 29 heavy (non-hydrogen) atoms. The third-order valence-electron chi connectivity index (χ3n) is 5.20. The molecule has 2 N–H and O–H groups in total. The van der Waals surface area contributed by atoms with Crippen LogP contribution in [0.25, 0.3) is 11.1 Å². The van der Waals surface area contributed by atoms with Crippen LogP contribution in [0.4, 0.5) is 20.6 Å². The predicted octanol–water partition coefficient (Wildman–Crippen LogP) is 5.20. The zero-order valence-corrected chi connectivity index (χ0v) is 16.4. The molecule has 3 aromatic rings. The van der Waals surface area contributed by atoms with E-state index < -0.39 is 0 Å². The zero-order chi connectivity index (χ0) is 20.2. The van der Waals surface area contributed by atoms with Gasteiger partial charge in [0.05, 0.1) is 5.69 Å². The Hall–Kier alpha value is -3.34. The molecule has 0 radical (unpaired) electrons. The molecule has 3 aromatic carbocycles. The Morgan fingerprint density at radius 3 is 2.62 bits per heavy atom. The number of hydrogen-bond acceptors (Lipinski definition) is 2. The van der Waals surface area contributed by atoms with E-state index in [1.165, 1.54) is 0 Å². The molecule has 0 unspecified atom stereocenters. The van der Waals surface area contributed by atoms with Gasteiger partial charge >= 0.3 is 6.03 Å². The van der Waals surface area contributed by atoms with Gasteiger partial charge in [0.15, 0.2) is 0 Å². The third kappa shape index (κ3) is 4.09. The Kier molecular flexibility index (Phi) is 5.47. The largest absolute Gasteiger partial charge is 0.381 e. The lowest BCUT2D eigenvalue weighted by atomic mass is 10.0. The first-order chi connectivity index (χ1) is 14.2. The van der Waals surface area contributed by atoms with Crippen molar-refractivity contribution < 1.29 is 9.18 Å². The van der Waals surface area contributed by atoms with Crippen LogP contribution in [0.5, 0.6) is 0 Å². The maximum Gasteiger partial charge on any atom is 0.321 e. The number of nitrogens with zero attached hydrogens (tertiary/aromatic N) is 1. The third-order valence-corrected chi connectivity index (χ3v) is 5.20. The highest BCUT2D eigenvalue weighted by molar-refractivity contribution is 5.94. The van der Waals surface area contributed by atoms with Crippen molar-refractivity contribution >= 4 is 17.4 Å². The molecule has 0 spiro atoms. The summed E-state index contributed by atoms with van der Waals surface area (Å²) < 4.78 is 14.6. The summed E-state index contributed by atoms with van der Waals surface area (Å²) in [5.41, 5.74) is 5.40. The van der Waals surface area contributed by atoms with E-state index in [-0.39, 0.29) is 11.8 Å². The molecule has 1 aliphatic rings. The maximum atomic E-state index is 14.6. The lowest BCUT2D eigenvalue weighted by Crippen LogP contribution is -2.38. The number of anilines is 2. The molecule has 0 atom stereocenters. The first-order valence-corrected chi connectivity index (χ1v) is 9.91. The molecule has 1 heterocycles. The molecule has 2 amide bonds. The molecule has 4 rings (SSSR count). The molecule has 0 aromatic heterocycles. The van der Waals surface area contributed by atoms with E-state index in [4.69, 9.17) is 0 Å². The SMILES string of the molecule is CCNC(=O)N1CCc2ccc(NCc3ccc(-c4ccccc4)cc3F)cc21. The average Bonchev–Trinajstić information content (AvgIpc) is 3.17. The summed E-state index contributed by atoms with van der Waals surface area (Å²) in [7, 11) is 0. The number of nitrogens with one attached hydrogen (secondary N) is 2. The lowest BCUT2D eigenvalue weighted by molar-refractivity contribution is 0.247. The van der Waals surface area contributed by atoms with E-state index in [2.05, 4.69) is 10.6 Å². The van der Waals surface area contributed by atoms with Crippen molar-refractivity contribution in [1.29, 1.82) is 0 Å². The zero-order valence-electron chi connectivity index (χ0n) is 16.4. The van der Waals surface area contributed by atoms with Crippen LogP contribution in [-0.2, 0) is 13.0 Å². The summed E-state index contributed by atoms with van der Waals surface area (Å²) in [6.45, 7) is 3.56. The van der Waals surface area contributed by atoms with Gasteiger partial charge in [-0.25, -0.2) is 9.18 Å². The van der Waals surface area contributed by atoms with Gasteiger partial charge in [-0.2, -0.15) is 0 Å². The summed E-state index contributed by atoms with van der Waals surface area (Å²) in [5, 5.41) is 6.13. The smallest absolute Gasteiger partial charge is 0.321 e. The molecule has 0 saturated carbocycles. The van der Waals surface area contributed by atoms with Crippen LogP contribution in [0.3, 0.4) is 0 Å². The first kappa shape index (κ1) is 19.0. The number of benzene rings is 3. The molecule has 0 fully saturated rings. The Morgan fingerprint density at radius 2 is 1.86 bits per heavy atom. The maximum absolute atomic E-state index is 14.6. The van der Waals surface area contributed by atoms with Crippen LogP contribution in [0, 0.1) is 5.82 Å². The van der Waals surface area contributed by atoms with Gasteiger partial charge in [-0.3, -0.25) is 4.90 Å². The van der Waals surface area contributed by atoms with E-state index in [1.807, 2.05) is 67.6 Å². The van der Waals surface area contributed by atoms with Crippen molar-refractivity contribution in [1.82, 2.24) is 5.32 Å². The summed E-state index contributed by atoms with van der Waals surface area (Å²) in [4.78, 5) is 14.0. The molecule has 148 valence electrons. The molecular formula is C24H24FN3O. The molecule has 5 heteroatoms. The minimum absolute atomic E-state index is 0.0778. The van der Waals surface area contributed by atoms with Crippen LogP contribution in [0.1, 0.15) is 18.1 Å². The standard InChI is InChI=1S/C24H24FN3O/c1-2-26-24(29)28-13-12-18-10-11-21(15-23(18)28)27-16-20-9-8-19(14-22(20)25)17-6-4-3-5-7-17/h3-11,14-15,27H,2,12-13,16H2,1H3,(H,26,29). The van der Waals surface area contributed by atoms with Crippen molar-refractivity contribution in [2.24, 2.45) is 0 Å². The number of carbonyl (C=O) groups is 1. The van der Waals surface area contributed by atoms with E-state index in [0.29, 0.717) is 25.2 Å². The fraction of sp³-hybridized carbons (Fsp3) is 0.208. The highest BCUT2D eigenvalue weighted by Crippen LogP contribution is 2.31. The summed E-state index contributed by atoms with van der Waals surface area (Å²) >= 11 is 0.